The molecule has 1 N–H and O–H groups in total. The molecule has 0 saturated carbocycles. The van der Waals surface area contributed by atoms with E-state index in [0.717, 1.165) is 5.56 Å². The Labute approximate surface area is 152 Å². The molecule has 1 amide bonds. The molecule has 134 valence electrons. The maximum Gasteiger partial charge on any atom is 0.277 e. The molecule has 0 aliphatic heterocycles. The number of amides is 1. The van der Waals surface area contributed by atoms with E-state index in [0.29, 0.717) is 17.3 Å². The second kappa shape index (κ2) is 6.95. The Morgan fingerprint density at radius 3 is 2.42 bits per heavy atom. The molecule has 0 fully saturated rings. The van der Waals surface area contributed by atoms with Gasteiger partial charge in [0, 0.05) is 6.07 Å². The number of carbonyl (C=O) groups excluding carboxylic acids is 1. The van der Waals surface area contributed by atoms with Crippen LogP contribution in [-0.2, 0) is 5.54 Å². The first-order valence-corrected chi connectivity index (χ1v) is 8.26. The van der Waals surface area contributed by atoms with Gasteiger partial charge in [0.1, 0.15) is 5.75 Å². The van der Waals surface area contributed by atoms with E-state index in [4.69, 9.17) is 4.74 Å². The van der Waals surface area contributed by atoms with Gasteiger partial charge < -0.3 is 10.1 Å². The smallest absolute Gasteiger partial charge is 0.277 e. The molecule has 0 bridgehead atoms. The first-order valence-electron chi connectivity index (χ1n) is 8.26. The van der Waals surface area contributed by atoms with Crippen molar-refractivity contribution >= 4 is 11.6 Å². The summed E-state index contributed by atoms with van der Waals surface area (Å²) in [5.74, 6) is 0.818. The third kappa shape index (κ3) is 4.24. The molecule has 2 aromatic heterocycles. The van der Waals surface area contributed by atoms with Crippen LogP contribution in [0.25, 0.3) is 0 Å². The number of carbonyl (C=O) groups is 1. The second-order valence-electron chi connectivity index (χ2n) is 6.97. The van der Waals surface area contributed by atoms with Crippen LogP contribution in [0, 0.1) is 6.92 Å². The monoisotopic (exact) mass is 351 g/mol. The molecule has 2 heterocycles. The lowest BCUT2D eigenvalue weighted by atomic mass is 10.1. The summed E-state index contributed by atoms with van der Waals surface area (Å²) in [7, 11) is 0. The minimum Gasteiger partial charge on any atom is -0.439 e. The fourth-order valence-electron chi connectivity index (χ4n) is 2.13. The molecule has 0 aliphatic rings. The van der Waals surface area contributed by atoms with Crippen molar-refractivity contribution in [3.05, 3.63) is 60.0 Å². The lowest BCUT2D eigenvalue weighted by Gasteiger charge is -2.17. The SMILES string of the molecule is Cc1ccc(Oc2ccc(NC(=O)c3cn(C(C)(C)C)nn3)cn2)cc1. The molecule has 0 saturated heterocycles. The van der Waals surface area contributed by atoms with Gasteiger partial charge in [0.2, 0.25) is 5.88 Å². The summed E-state index contributed by atoms with van der Waals surface area (Å²) in [5, 5.41) is 10.7. The van der Waals surface area contributed by atoms with Crippen LogP contribution in [0.5, 0.6) is 11.6 Å². The molecule has 7 nitrogen and oxygen atoms in total. The number of aromatic nitrogens is 4. The fourth-order valence-corrected chi connectivity index (χ4v) is 2.13. The number of rotatable bonds is 4. The Morgan fingerprint density at radius 2 is 1.85 bits per heavy atom. The lowest BCUT2D eigenvalue weighted by Crippen LogP contribution is -2.22. The van der Waals surface area contributed by atoms with Crippen LogP contribution in [0.1, 0.15) is 36.8 Å². The van der Waals surface area contributed by atoms with Gasteiger partial charge in [-0.2, -0.15) is 0 Å². The van der Waals surface area contributed by atoms with E-state index in [1.807, 2.05) is 52.0 Å². The molecule has 0 unspecified atom stereocenters. The van der Waals surface area contributed by atoms with Crippen molar-refractivity contribution in [2.45, 2.75) is 33.2 Å². The van der Waals surface area contributed by atoms with Crippen LogP contribution < -0.4 is 10.1 Å². The summed E-state index contributed by atoms with van der Waals surface area (Å²) >= 11 is 0. The number of pyridine rings is 1. The van der Waals surface area contributed by atoms with Crippen LogP contribution in [-0.4, -0.2) is 25.9 Å². The zero-order chi connectivity index (χ0) is 18.7. The molecule has 3 aromatic rings. The van der Waals surface area contributed by atoms with E-state index in [2.05, 4.69) is 20.6 Å². The van der Waals surface area contributed by atoms with E-state index >= 15 is 0 Å². The quantitative estimate of drug-likeness (QED) is 0.773. The maximum absolute atomic E-state index is 12.3. The number of anilines is 1. The zero-order valence-electron chi connectivity index (χ0n) is 15.2. The molecule has 0 spiro atoms. The second-order valence-corrected chi connectivity index (χ2v) is 6.97. The summed E-state index contributed by atoms with van der Waals surface area (Å²) in [6.07, 6.45) is 3.16. The first kappa shape index (κ1) is 17.6. The molecule has 7 heteroatoms. The number of hydrogen-bond donors (Lipinski definition) is 1. The Morgan fingerprint density at radius 1 is 1.12 bits per heavy atom. The van der Waals surface area contributed by atoms with Gasteiger partial charge in [-0.15, -0.1) is 5.10 Å². The average Bonchev–Trinajstić information content (AvgIpc) is 3.09. The molecule has 0 atom stereocenters. The highest BCUT2D eigenvalue weighted by Gasteiger charge is 2.18. The van der Waals surface area contributed by atoms with Gasteiger partial charge in [-0.25, -0.2) is 9.67 Å². The van der Waals surface area contributed by atoms with Gasteiger partial charge >= 0.3 is 0 Å². The Hall–Kier alpha value is -3.22. The van der Waals surface area contributed by atoms with E-state index in [1.54, 1.807) is 23.0 Å². The highest BCUT2D eigenvalue weighted by atomic mass is 16.5. The van der Waals surface area contributed by atoms with Crippen molar-refractivity contribution in [3.8, 4) is 11.6 Å². The standard InChI is InChI=1S/C19H21N5O2/c1-13-5-8-15(9-6-13)26-17-10-7-14(11-20-17)21-18(25)16-12-24(23-22-16)19(2,3)4/h5-12H,1-4H3,(H,21,25). The Balaban J connectivity index is 1.64. The summed E-state index contributed by atoms with van der Waals surface area (Å²) in [6, 6.07) is 11.1. The van der Waals surface area contributed by atoms with Gasteiger partial charge in [-0.3, -0.25) is 4.79 Å². The normalized spacial score (nSPS) is 11.2. The van der Waals surface area contributed by atoms with Crippen molar-refractivity contribution in [3.63, 3.8) is 0 Å². The summed E-state index contributed by atoms with van der Waals surface area (Å²) < 4.78 is 7.32. The highest BCUT2D eigenvalue weighted by molar-refractivity contribution is 6.02. The number of nitrogens with one attached hydrogen (secondary N) is 1. The maximum atomic E-state index is 12.3. The fraction of sp³-hybridized carbons (Fsp3) is 0.263. The summed E-state index contributed by atoms with van der Waals surface area (Å²) in [5.41, 5.74) is 1.73. The van der Waals surface area contributed by atoms with Crippen LogP contribution in [0.4, 0.5) is 5.69 Å². The van der Waals surface area contributed by atoms with Gasteiger partial charge in [0.05, 0.1) is 23.6 Å². The van der Waals surface area contributed by atoms with Gasteiger partial charge in [-0.05, 0) is 45.9 Å². The van der Waals surface area contributed by atoms with Gasteiger partial charge in [0.15, 0.2) is 5.69 Å². The summed E-state index contributed by atoms with van der Waals surface area (Å²) in [4.78, 5) is 16.5. The van der Waals surface area contributed by atoms with Crippen LogP contribution in [0.3, 0.4) is 0 Å². The number of benzene rings is 1. The van der Waals surface area contributed by atoms with E-state index in [1.165, 1.54) is 6.20 Å². The average molecular weight is 351 g/mol. The first-order chi connectivity index (χ1) is 12.3. The van der Waals surface area contributed by atoms with Crippen molar-refractivity contribution in [2.75, 3.05) is 5.32 Å². The van der Waals surface area contributed by atoms with Crippen molar-refractivity contribution in [1.29, 1.82) is 0 Å². The predicted octanol–water partition coefficient (Wildman–Crippen LogP) is 3.78. The van der Waals surface area contributed by atoms with E-state index in [-0.39, 0.29) is 17.1 Å². The minimum absolute atomic E-state index is 0.234. The molecule has 0 aliphatic carbocycles. The number of hydrogen-bond acceptors (Lipinski definition) is 5. The summed E-state index contributed by atoms with van der Waals surface area (Å²) in [6.45, 7) is 7.97. The van der Waals surface area contributed by atoms with E-state index < -0.39 is 0 Å². The third-order valence-corrected chi connectivity index (χ3v) is 3.65. The van der Waals surface area contributed by atoms with Crippen molar-refractivity contribution < 1.29 is 9.53 Å². The van der Waals surface area contributed by atoms with Crippen LogP contribution >= 0.6 is 0 Å². The van der Waals surface area contributed by atoms with Crippen molar-refractivity contribution in [1.82, 2.24) is 20.0 Å². The predicted molar refractivity (Wildman–Crippen MR) is 98.5 cm³/mol. The lowest BCUT2D eigenvalue weighted by molar-refractivity contribution is 0.102. The Kier molecular flexibility index (Phi) is 4.71. The molecule has 3 rings (SSSR count). The Bertz CT molecular complexity index is 893. The number of aryl methyl sites for hydroxylation is 1. The molecule has 26 heavy (non-hydrogen) atoms. The van der Waals surface area contributed by atoms with E-state index in [9.17, 15) is 4.79 Å². The largest absolute Gasteiger partial charge is 0.439 e. The zero-order valence-corrected chi connectivity index (χ0v) is 15.2. The van der Waals surface area contributed by atoms with Crippen LogP contribution in [0.15, 0.2) is 48.8 Å². The van der Waals surface area contributed by atoms with Crippen LogP contribution in [0.2, 0.25) is 0 Å². The molecule has 1 aromatic carbocycles. The minimum atomic E-state index is -0.338. The number of nitrogens with zero attached hydrogens (tertiary/aromatic N) is 4. The van der Waals surface area contributed by atoms with Gasteiger partial charge in [-0.1, -0.05) is 22.9 Å². The topological polar surface area (TPSA) is 81.9 Å². The highest BCUT2D eigenvalue weighted by Crippen LogP contribution is 2.21. The number of ether oxygens (including phenoxy) is 1. The third-order valence-electron chi connectivity index (χ3n) is 3.65. The van der Waals surface area contributed by atoms with Gasteiger partial charge in [0.25, 0.3) is 5.91 Å². The van der Waals surface area contributed by atoms with Crippen molar-refractivity contribution in [2.24, 2.45) is 0 Å². The molecule has 0 radical (unpaired) electrons. The molecular formula is C19H21N5O2. The molecular weight excluding hydrogens is 330 g/mol.